The molecule has 16 heavy (non-hydrogen) atoms. The largest absolute Gasteiger partial charge is 0.488 e. The molecule has 0 aliphatic rings. The first kappa shape index (κ1) is 12.9. The Hall–Kier alpha value is -1.16. The Bertz CT molecular complexity index is 307. The van der Waals surface area contributed by atoms with E-state index >= 15 is 0 Å². The maximum atomic E-state index is 13.1. The van der Waals surface area contributed by atoms with Crippen LogP contribution in [0.5, 0.6) is 5.75 Å². The van der Waals surface area contributed by atoms with Crippen LogP contribution in [0, 0.1) is 11.6 Å². The van der Waals surface area contributed by atoms with Crippen LogP contribution in [0.2, 0.25) is 0 Å². The fraction of sp³-hybridized carbons (Fsp3) is 0.500. The van der Waals surface area contributed by atoms with Crippen LogP contribution in [0.25, 0.3) is 0 Å². The molecule has 1 aromatic rings. The van der Waals surface area contributed by atoms with Crippen LogP contribution in [0.15, 0.2) is 18.2 Å². The molecule has 1 rings (SSSR count). The van der Waals surface area contributed by atoms with Gasteiger partial charge < -0.3 is 9.84 Å². The molecule has 0 fully saturated rings. The van der Waals surface area contributed by atoms with Crippen LogP contribution in [-0.2, 0) is 0 Å². The zero-order valence-corrected chi connectivity index (χ0v) is 9.25. The number of halogens is 2. The van der Waals surface area contributed by atoms with Crippen LogP contribution in [0.4, 0.5) is 8.78 Å². The number of aliphatic hydroxyl groups is 1. The van der Waals surface area contributed by atoms with Crippen LogP contribution >= 0.6 is 0 Å². The lowest BCUT2D eigenvalue weighted by atomic mass is 10.2. The highest BCUT2D eigenvalue weighted by atomic mass is 19.1. The molecule has 0 bridgehead atoms. The van der Waals surface area contributed by atoms with Crippen molar-refractivity contribution in [2.75, 3.05) is 6.61 Å². The third-order valence-electron chi connectivity index (χ3n) is 2.18. The van der Waals surface area contributed by atoms with Gasteiger partial charge in [0, 0.05) is 0 Å². The van der Waals surface area contributed by atoms with Gasteiger partial charge in [0.25, 0.3) is 0 Å². The second kappa shape index (κ2) is 6.43. The lowest BCUT2D eigenvalue weighted by Gasteiger charge is -2.08. The van der Waals surface area contributed by atoms with E-state index in [-0.39, 0.29) is 18.5 Å². The van der Waals surface area contributed by atoms with Gasteiger partial charge in [0.1, 0.15) is 0 Å². The van der Waals surface area contributed by atoms with Crippen molar-refractivity contribution in [2.24, 2.45) is 0 Å². The Morgan fingerprint density at radius 2 is 1.88 bits per heavy atom. The summed E-state index contributed by atoms with van der Waals surface area (Å²) in [5.41, 5.74) is 0. The Morgan fingerprint density at radius 1 is 1.25 bits per heavy atom. The summed E-state index contributed by atoms with van der Waals surface area (Å²) in [6, 6.07) is 3.62. The molecule has 0 heterocycles. The Balaban J connectivity index is 2.32. The number of para-hydroxylation sites is 1. The zero-order valence-electron chi connectivity index (χ0n) is 9.25. The second-order valence-corrected chi connectivity index (χ2v) is 3.74. The van der Waals surface area contributed by atoms with Gasteiger partial charge in [-0.05, 0) is 38.3 Å². The number of rotatable bonds is 6. The molecule has 0 amide bonds. The highest BCUT2D eigenvalue weighted by molar-refractivity contribution is 5.25. The molecule has 1 N–H and O–H groups in total. The van der Waals surface area contributed by atoms with E-state index in [1.165, 1.54) is 6.07 Å². The highest BCUT2D eigenvalue weighted by Gasteiger charge is 2.08. The normalized spacial score (nSPS) is 12.5. The lowest BCUT2D eigenvalue weighted by Crippen LogP contribution is -2.04. The van der Waals surface area contributed by atoms with Gasteiger partial charge >= 0.3 is 0 Å². The first-order valence-electron chi connectivity index (χ1n) is 5.36. The molecule has 90 valence electrons. The molecule has 1 unspecified atom stereocenters. The van der Waals surface area contributed by atoms with Crippen molar-refractivity contribution in [3.05, 3.63) is 29.8 Å². The van der Waals surface area contributed by atoms with Crippen molar-refractivity contribution in [3.63, 3.8) is 0 Å². The van der Waals surface area contributed by atoms with E-state index < -0.39 is 11.6 Å². The standard InChI is InChI=1S/C12H16F2O2/c1-9(15)5-2-3-8-16-12-10(13)6-4-7-11(12)14/h4,6-7,9,15H,2-3,5,8H2,1H3. The molecule has 0 aliphatic carbocycles. The van der Waals surface area contributed by atoms with Gasteiger partial charge in [-0.1, -0.05) is 6.07 Å². The molecule has 0 aromatic heterocycles. The van der Waals surface area contributed by atoms with Gasteiger partial charge in [-0.3, -0.25) is 0 Å². The fourth-order valence-electron chi connectivity index (χ4n) is 1.34. The first-order valence-corrected chi connectivity index (χ1v) is 5.36. The molecular formula is C12H16F2O2. The minimum absolute atomic E-state index is 0.255. The Labute approximate surface area is 93.9 Å². The minimum Gasteiger partial charge on any atom is -0.488 e. The van der Waals surface area contributed by atoms with Crippen molar-refractivity contribution >= 4 is 0 Å². The number of aliphatic hydroxyl groups excluding tert-OH is 1. The van der Waals surface area contributed by atoms with Gasteiger partial charge in [0.15, 0.2) is 17.4 Å². The molecule has 0 spiro atoms. The van der Waals surface area contributed by atoms with E-state index in [2.05, 4.69) is 0 Å². The Morgan fingerprint density at radius 3 is 2.44 bits per heavy atom. The van der Waals surface area contributed by atoms with Crippen LogP contribution in [-0.4, -0.2) is 17.8 Å². The minimum atomic E-state index is -0.685. The second-order valence-electron chi connectivity index (χ2n) is 3.74. The SMILES string of the molecule is CC(O)CCCCOc1c(F)cccc1F. The van der Waals surface area contributed by atoms with Crippen LogP contribution in [0.3, 0.4) is 0 Å². The third-order valence-corrected chi connectivity index (χ3v) is 2.18. The predicted octanol–water partition coefficient (Wildman–Crippen LogP) is 2.89. The molecule has 0 aliphatic heterocycles. The molecule has 1 atom stereocenters. The number of hydrogen-bond donors (Lipinski definition) is 1. The molecule has 0 saturated heterocycles. The Kier molecular flexibility index (Phi) is 5.19. The van der Waals surface area contributed by atoms with Crippen molar-refractivity contribution in [3.8, 4) is 5.75 Å². The summed E-state index contributed by atoms with van der Waals surface area (Å²) in [5.74, 6) is -1.69. The van der Waals surface area contributed by atoms with Crippen molar-refractivity contribution in [2.45, 2.75) is 32.3 Å². The summed E-state index contributed by atoms with van der Waals surface area (Å²) < 4.78 is 31.2. The van der Waals surface area contributed by atoms with E-state index in [0.29, 0.717) is 12.8 Å². The van der Waals surface area contributed by atoms with Gasteiger partial charge in [-0.2, -0.15) is 0 Å². The number of ether oxygens (including phenoxy) is 1. The predicted molar refractivity (Wildman–Crippen MR) is 57.4 cm³/mol. The smallest absolute Gasteiger partial charge is 0.190 e. The van der Waals surface area contributed by atoms with E-state index in [0.717, 1.165) is 18.6 Å². The van der Waals surface area contributed by atoms with Crippen molar-refractivity contribution in [1.82, 2.24) is 0 Å². The third kappa shape index (κ3) is 4.14. The molecule has 0 saturated carbocycles. The summed E-state index contributed by atoms with van der Waals surface area (Å²) in [5, 5.41) is 9.00. The van der Waals surface area contributed by atoms with E-state index in [9.17, 15) is 8.78 Å². The number of unbranched alkanes of at least 4 members (excludes halogenated alkanes) is 1. The average Bonchev–Trinajstić information content (AvgIpc) is 2.21. The summed E-state index contributed by atoms with van der Waals surface area (Å²) in [4.78, 5) is 0. The van der Waals surface area contributed by atoms with E-state index in [4.69, 9.17) is 9.84 Å². The number of benzene rings is 1. The number of hydrogen-bond acceptors (Lipinski definition) is 2. The quantitative estimate of drug-likeness (QED) is 0.761. The zero-order chi connectivity index (χ0) is 12.0. The molecular weight excluding hydrogens is 214 g/mol. The summed E-state index contributed by atoms with van der Waals surface area (Å²) in [7, 11) is 0. The summed E-state index contributed by atoms with van der Waals surface area (Å²) in [6.07, 6.45) is 1.76. The van der Waals surface area contributed by atoms with Gasteiger partial charge in [0.2, 0.25) is 0 Å². The van der Waals surface area contributed by atoms with Crippen molar-refractivity contribution < 1.29 is 18.6 Å². The van der Waals surface area contributed by atoms with Gasteiger partial charge in [0.05, 0.1) is 12.7 Å². The summed E-state index contributed by atoms with van der Waals surface area (Å²) in [6.45, 7) is 1.96. The maximum absolute atomic E-state index is 13.1. The average molecular weight is 230 g/mol. The van der Waals surface area contributed by atoms with Gasteiger partial charge in [-0.25, -0.2) is 8.78 Å². The van der Waals surface area contributed by atoms with Crippen LogP contribution < -0.4 is 4.74 Å². The monoisotopic (exact) mass is 230 g/mol. The van der Waals surface area contributed by atoms with E-state index in [1.54, 1.807) is 6.92 Å². The van der Waals surface area contributed by atoms with Crippen LogP contribution in [0.1, 0.15) is 26.2 Å². The van der Waals surface area contributed by atoms with Crippen molar-refractivity contribution in [1.29, 1.82) is 0 Å². The maximum Gasteiger partial charge on any atom is 0.190 e. The lowest BCUT2D eigenvalue weighted by molar-refractivity contribution is 0.176. The molecule has 4 heteroatoms. The molecule has 2 nitrogen and oxygen atoms in total. The molecule has 0 radical (unpaired) electrons. The highest BCUT2D eigenvalue weighted by Crippen LogP contribution is 2.21. The topological polar surface area (TPSA) is 29.5 Å². The van der Waals surface area contributed by atoms with Gasteiger partial charge in [-0.15, -0.1) is 0 Å². The fourth-order valence-corrected chi connectivity index (χ4v) is 1.34. The van der Waals surface area contributed by atoms with E-state index in [1.807, 2.05) is 0 Å². The molecule has 1 aromatic carbocycles. The summed E-state index contributed by atoms with van der Waals surface area (Å²) >= 11 is 0. The first-order chi connectivity index (χ1) is 7.61.